The minimum atomic E-state index is -3.07. The maximum absolute atomic E-state index is 12.8. The molecule has 32 heavy (non-hydrogen) atoms. The van der Waals surface area contributed by atoms with Crippen LogP contribution in [0.4, 0.5) is 0 Å². The van der Waals surface area contributed by atoms with Crippen LogP contribution in [0.1, 0.15) is 37.8 Å². The zero-order chi connectivity index (χ0) is 22.7. The van der Waals surface area contributed by atoms with Crippen molar-refractivity contribution in [3.8, 4) is 17.2 Å². The molecule has 0 heterocycles. The fraction of sp³-hybridized carbons (Fsp3) is 0.308. The van der Waals surface area contributed by atoms with Crippen LogP contribution in [0, 0.1) is 0 Å². The molecule has 0 saturated carbocycles. The van der Waals surface area contributed by atoms with E-state index in [9.17, 15) is 4.57 Å². The number of hydrogen-bond donors (Lipinski definition) is 0. The average molecular weight is 455 g/mol. The van der Waals surface area contributed by atoms with Gasteiger partial charge in [0.15, 0.2) is 0 Å². The van der Waals surface area contributed by atoms with Gasteiger partial charge in [0.1, 0.15) is 23.9 Å². The third kappa shape index (κ3) is 7.83. The summed E-state index contributed by atoms with van der Waals surface area (Å²) in [6.45, 7) is 4.99. The number of hydrogen-bond acceptors (Lipinski definition) is 5. The minimum Gasteiger partial charge on any atom is -0.489 e. The molecule has 3 aromatic rings. The lowest BCUT2D eigenvalue weighted by Crippen LogP contribution is -2.01. The molecule has 6 heteroatoms. The maximum Gasteiger partial charge on any atom is 0.330 e. The van der Waals surface area contributed by atoms with Gasteiger partial charge in [-0.15, -0.1) is 0 Å². The summed E-state index contributed by atoms with van der Waals surface area (Å²) in [5.74, 6) is 2.17. The van der Waals surface area contributed by atoms with Gasteiger partial charge in [-0.25, -0.2) is 0 Å². The van der Waals surface area contributed by atoms with Gasteiger partial charge in [-0.1, -0.05) is 55.8 Å². The molecule has 5 nitrogen and oxygen atoms in total. The molecular weight excluding hydrogens is 423 g/mol. The first-order valence-corrected chi connectivity index (χ1v) is 12.7. The normalized spacial score (nSPS) is 12.8. The summed E-state index contributed by atoms with van der Waals surface area (Å²) in [4.78, 5) is 0. The van der Waals surface area contributed by atoms with Crippen molar-refractivity contribution in [1.82, 2.24) is 0 Å². The number of ether oxygens (including phenoxy) is 2. The first kappa shape index (κ1) is 24.1. The van der Waals surface area contributed by atoms with E-state index in [0.29, 0.717) is 30.9 Å². The molecule has 3 rings (SSSR count). The summed E-state index contributed by atoms with van der Waals surface area (Å²) in [6, 6.07) is 25.1. The van der Waals surface area contributed by atoms with Crippen LogP contribution in [0.2, 0.25) is 0 Å². The van der Waals surface area contributed by atoms with E-state index >= 15 is 0 Å². The van der Waals surface area contributed by atoms with Gasteiger partial charge in [0.05, 0.1) is 19.4 Å². The van der Waals surface area contributed by atoms with E-state index in [0.717, 1.165) is 29.7 Å². The van der Waals surface area contributed by atoms with Crippen molar-refractivity contribution in [3.05, 3.63) is 90.0 Å². The standard InChI is InChI=1S/C26H31O5P/c1-3-5-18-32(27,29-4-2)30-21-23-12-9-13-26(19-23)31-25-16-14-24(15-17-25)28-20-22-10-7-6-8-11-22/h6-17,19H,3-5,18,20-21H2,1-2H3. The van der Waals surface area contributed by atoms with Crippen molar-refractivity contribution in [3.63, 3.8) is 0 Å². The monoisotopic (exact) mass is 454 g/mol. The summed E-state index contributed by atoms with van der Waals surface area (Å²) >= 11 is 0. The van der Waals surface area contributed by atoms with E-state index in [1.165, 1.54) is 0 Å². The highest BCUT2D eigenvalue weighted by atomic mass is 31.2. The summed E-state index contributed by atoms with van der Waals surface area (Å²) in [7, 11) is -3.07. The second-order valence-corrected chi connectivity index (χ2v) is 9.56. The van der Waals surface area contributed by atoms with Gasteiger partial charge in [0, 0.05) is 0 Å². The number of rotatable bonds is 13. The first-order valence-electron chi connectivity index (χ1n) is 11.0. The Hall–Kier alpha value is -2.59. The van der Waals surface area contributed by atoms with Gasteiger partial charge in [0.2, 0.25) is 0 Å². The second kappa shape index (κ2) is 12.4. The van der Waals surface area contributed by atoms with Gasteiger partial charge in [0.25, 0.3) is 0 Å². The Morgan fingerprint density at radius 2 is 1.44 bits per heavy atom. The van der Waals surface area contributed by atoms with E-state index < -0.39 is 7.60 Å². The zero-order valence-corrected chi connectivity index (χ0v) is 19.6. The topological polar surface area (TPSA) is 54.0 Å². The van der Waals surface area contributed by atoms with Crippen molar-refractivity contribution in [2.75, 3.05) is 12.8 Å². The molecule has 0 N–H and O–H groups in total. The SMILES string of the molecule is CCCCP(=O)(OCC)OCc1cccc(Oc2ccc(OCc3ccccc3)cc2)c1. The van der Waals surface area contributed by atoms with Crippen LogP contribution < -0.4 is 9.47 Å². The predicted octanol–water partition coefficient (Wildman–Crippen LogP) is 7.60. The quantitative estimate of drug-likeness (QED) is 0.249. The predicted molar refractivity (Wildman–Crippen MR) is 128 cm³/mol. The van der Waals surface area contributed by atoms with E-state index in [4.69, 9.17) is 18.5 Å². The van der Waals surface area contributed by atoms with Crippen molar-refractivity contribution >= 4 is 7.60 Å². The van der Waals surface area contributed by atoms with Crippen molar-refractivity contribution in [2.45, 2.75) is 39.9 Å². The molecule has 0 aliphatic carbocycles. The summed E-state index contributed by atoms with van der Waals surface area (Å²) < 4.78 is 35.7. The molecule has 1 unspecified atom stereocenters. The lowest BCUT2D eigenvalue weighted by atomic mass is 10.2. The van der Waals surface area contributed by atoms with E-state index in [1.807, 2.05) is 85.8 Å². The maximum atomic E-state index is 12.8. The highest BCUT2D eigenvalue weighted by Crippen LogP contribution is 2.49. The molecule has 0 fully saturated rings. The van der Waals surface area contributed by atoms with Gasteiger partial charge in [-0.3, -0.25) is 4.57 Å². The summed E-state index contributed by atoms with van der Waals surface area (Å²) in [5, 5.41) is 0. The fourth-order valence-electron chi connectivity index (χ4n) is 3.07. The van der Waals surface area contributed by atoms with Crippen LogP contribution >= 0.6 is 7.60 Å². The Bertz CT molecular complexity index is 989. The Balaban J connectivity index is 1.55. The third-order valence-corrected chi connectivity index (χ3v) is 6.78. The molecule has 0 aliphatic rings. The van der Waals surface area contributed by atoms with Gasteiger partial charge in [-0.2, -0.15) is 0 Å². The van der Waals surface area contributed by atoms with Gasteiger partial charge >= 0.3 is 7.60 Å². The second-order valence-electron chi connectivity index (χ2n) is 7.37. The van der Waals surface area contributed by atoms with Crippen LogP contribution in [0.5, 0.6) is 17.2 Å². The molecule has 0 aromatic heterocycles. The Morgan fingerprint density at radius 3 is 2.16 bits per heavy atom. The van der Waals surface area contributed by atoms with Crippen LogP contribution in [-0.4, -0.2) is 12.8 Å². The number of benzene rings is 3. The fourth-order valence-corrected chi connectivity index (χ4v) is 4.84. The van der Waals surface area contributed by atoms with Crippen molar-refractivity contribution < 1.29 is 23.1 Å². The molecular formula is C26H31O5P. The number of unbranched alkanes of at least 4 members (excludes halogenated alkanes) is 1. The molecule has 3 aromatic carbocycles. The van der Waals surface area contributed by atoms with E-state index in [-0.39, 0.29) is 6.61 Å². The molecule has 0 aliphatic heterocycles. The van der Waals surface area contributed by atoms with Crippen LogP contribution in [0.25, 0.3) is 0 Å². The highest BCUT2D eigenvalue weighted by molar-refractivity contribution is 7.53. The molecule has 170 valence electrons. The lowest BCUT2D eigenvalue weighted by molar-refractivity contribution is 0.204. The Labute approximate surface area is 190 Å². The molecule has 0 amide bonds. The largest absolute Gasteiger partial charge is 0.489 e. The van der Waals surface area contributed by atoms with Crippen molar-refractivity contribution in [2.24, 2.45) is 0 Å². The third-order valence-electron chi connectivity index (χ3n) is 4.75. The van der Waals surface area contributed by atoms with Crippen molar-refractivity contribution in [1.29, 1.82) is 0 Å². The molecule has 1 atom stereocenters. The van der Waals surface area contributed by atoms with Crippen LogP contribution in [-0.2, 0) is 26.8 Å². The first-order chi connectivity index (χ1) is 15.6. The molecule has 0 spiro atoms. The summed E-state index contributed by atoms with van der Waals surface area (Å²) in [6.07, 6.45) is 2.19. The lowest BCUT2D eigenvalue weighted by Gasteiger charge is -2.18. The average Bonchev–Trinajstić information content (AvgIpc) is 2.82. The highest BCUT2D eigenvalue weighted by Gasteiger charge is 2.23. The Morgan fingerprint density at radius 1 is 0.719 bits per heavy atom. The van der Waals surface area contributed by atoms with Crippen LogP contribution in [0.15, 0.2) is 78.9 Å². The smallest absolute Gasteiger partial charge is 0.330 e. The minimum absolute atomic E-state index is 0.213. The van der Waals surface area contributed by atoms with Gasteiger partial charge < -0.3 is 18.5 Å². The zero-order valence-electron chi connectivity index (χ0n) is 18.7. The molecule has 0 saturated heterocycles. The Kier molecular flexibility index (Phi) is 9.36. The van der Waals surface area contributed by atoms with E-state index in [2.05, 4.69) is 6.92 Å². The summed E-state index contributed by atoms with van der Waals surface area (Å²) in [5.41, 5.74) is 2.00. The molecule has 0 radical (unpaired) electrons. The van der Waals surface area contributed by atoms with Gasteiger partial charge in [-0.05, 0) is 60.9 Å². The van der Waals surface area contributed by atoms with E-state index in [1.54, 1.807) is 0 Å². The van der Waals surface area contributed by atoms with Crippen LogP contribution in [0.3, 0.4) is 0 Å². The molecule has 0 bridgehead atoms.